The van der Waals surface area contributed by atoms with Gasteiger partial charge in [0, 0.05) is 32.3 Å². The standard InChI is InChI=1S/C18H26O6.C14H22O4.2C11H16O3.CH4O2S/c1-3-23-17(19)16(18(20)24-4-2)10-11-21-12-13-22-14-15-8-6-5-7-9-15;15-10-14(11-16)6-7-17-8-9-18-12-13-4-2-1-3-5-13;2*12-6-7-13-8-9-14-10-11-4-2-1-3-5-11;1-4(2)3/h5-9,16H,3-4,10-14H2,1-2H3;1-5,14-16H,6-12H2;2*1-5,12H,6-10H2;1H3,(H,2,3)/p-1. The van der Waals surface area contributed by atoms with Gasteiger partial charge in [0.2, 0.25) is 0 Å². The third-order valence-electron chi connectivity index (χ3n) is 9.29. The van der Waals surface area contributed by atoms with E-state index in [1.165, 1.54) is 0 Å². The van der Waals surface area contributed by atoms with Gasteiger partial charge in [-0.05, 0) is 55.2 Å². The Bertz CT molecular complexity index is 1740. The molecule has 0 aromatic heterocycles. The van der Waals surface area contributed by atoms with Crippen molar-refractivity contribution < 1.29 is 86.1 Å². The summed E-state index contributed by atoms with van der Waals surface area (Å²) in [4.78, 5) is 23.6. The highest BCUT2D eigenvalue weighted by Crippen LogP contribution is 2.10. The molecule has 0 saturated heterocycles. The number of benzene rings is 4. The zero-order valence-corrected chi connectivity index (χ0v) is 44.4. The maximum Gasteiger partial charge on any atom is 0.320 e. The average molecular weight is 1060 g/mol. The number of ether oxygens (including phenoxy) is 10. The summed E-state index contributed by atoms with van der Waals surface area (Å²) >= 11 is -1.86. The summed E-state index contributed by atoms with van der Waals surface area (Å²) in [6.45, 7) is 12.0. The predicted molar refractivity (Wildman–Crippen MR) is 280 cm³/mol. The fraction of sp³-hybridized carbons (Fsp3) is 0.527. The number of hydrogen-bond donors (Lipinski definition) is 4. The average Bonchev–Trinajstić information content (AvgIpc) is 3.41. The van der Waals surface area contributed by atoms with Crippen LogP contribution in [-0.4, -0.2) is 166 Å². The van der Waals surface area contributed by atoms with E-state index in [2.05, 4.69) is 0 Å². The van der Waals surface area contributed by atoms with Crippen LogP contribution in [0.2, 0.25) is 0 Å². The Morgan fingerprint density at radius 2 is 0.689 bits per heavy atom. The topological polar surface area (TPSA) is 247 Å². The molecule has 74 heavy (non-hydrogen) atoms. The van der Waals surface area contributed by atoms with Crippen LogP contribution in [0.5, 0.6) is 0 Å². The summed E-state index contributed by atoms with van der Waals surface area (Å²) in [6.07, 6.45) is 1.99. The number of carbonyl (C=O) groups is 2. The fourth-order valence-electron chi connectivity index (χ4n) is 5.57. The Balaban J connectivity index is 0.000000957. The molecule has 4 aromatic carbocycles. The van der Waals surface area contributed by atoms with Crippen molar-refractivity contribution in [3.05, 3.63) is 144 Å². The Labute approximate surface area is 441 Å². The van der Waals surface area contributed by atoms with Crippen LogP contribution in [0, 0.1) is 11.8 Å². The second-order valence-corrected chi connectivity index (χ2v) is 16.1. The number of rotatable bonds is 36. The van der Waals surface area contributed by atoms with Crippen LogP contribution in [0.15, 0.2) is 121 Å². The summed E-state index contributed by atoms with van der Waals surface area (Å²) in [6, 6.07) is 39.8. The Kier molecular flexibility index (Phi) is 50.0. The molecule has 0 bridgehead atoms. The third kappa shape index (κ3) is 44.9. The van der Waals surface area contributed by atoms with Crippen LogP contribution in [0.25, 0.3) is 0 Å². The Hall–Kier alpha value is -4.55. The Morgan fingerprint density at radius 1 is 0.432 bits per heavy atom. The number of carbonyl (C=O) groups excluding carboxylic acids is 2. The summed E-state index contributed by atoms with van der Waals surface area (Å²) < 4.78 is 70.3. The summed E-state index contributed by atoms with van der Waals surface area (Å²) in [5.41, 5.74) is 4.57. The van der Waals surface area contributed by atoms with Crippen molar-refractivity contribution in [3.63, 3.8) is 0 Å². The lowest BCUT2D eigenvalue weighted by atomic mass is 10.1. The smallest absolute Gasteiger partial charge is 0.320 e. The van der Waals surface area contributed by atoms with E-state index in [4.69, 9.17) is 76.6 Å². The van der Waals surface area contributed by atoms with Crippen molar-refractivity contribution in [2.45, 2.75) is 53.1 Å². The minimum atomic E-state index is -1.86. The third-order valence-corrected chi connectivity index (χ3v) is 9.29. The molecule has 0 aliphatic rings. The zero-order chi connectivity index (χ0) is 54.4. The molecule has 0 heterocycles. The number of hydrogen-bond acceptors (Lipinski definition) is 18. The summed E-state index contributed by atoms with van der Waals surface area (Å²) in [7, 11) is 0. The van der Waals surface area contributed by atoms with E-state index in [9.17, 15) is 9.59 Å². The van der Waals surface area contributed by atoms with E-state index < -0.39 is 28.9 Å². The molecule has 1 unspecified atom stereocenters. The monoisotopic (exact) mass is 1060 g/mol. The lowest BCUT2D eigenvalue weighted by Crippen LogP contribution is -2.29. The van der Waals surface area contributed by atoms with Gasteiger partial charge in [-0.25, -0.2) is 0 Å². The molecule has 0 spiro atoms. The highest BCUT2D eigenvalue weighted by Gasteiger charge is 2.29. The lowest BCUT2D eigenvalue weighted by molar-refractivity contribution is -0.162. The van der Waals surface area contributed by atoms with Crippen LogP contribution in [-0.2, 0) is 94.5 Å². The molecule has 418 valence electrons. The van der Waals surface area contributed by atoms with Crippen LogP contribution in [0.4, 0.5) is 0 Å². The Morgan fingerprint density at radius 3 is 0.946 bits per heavy atom. The molecule has 0 radical (unpaired) electrons. The molecule has 4 rings (SSSR count). The summed E-state index contributed by atoms with van der Waals surface area (Å²) in [5.74, 6) is -2.15. The first kappa shape index (κ1) is 69.5. The van der Waals surface area contributed by atoms with Gasteiger partial charge in [0.1, 0.15) is 0 Å². The van der Waals surface area contributed by atoms with E-state index >= 15 is 0 Å². The zero-order valence-electron chi connectivity index (χ0n) is 43.6. The fourth-order valence-corrected chi connectivity index (χ4v) is 5.57. The summed E-state index contributed by atoms with van der Waals surface area (Å²) in [5, 5.41) is 34.6. The first-order valence-corrected chi connectivity index (χ1v) is 26.2. The number of esters is 2. The van der Waals surface area contributed by atoms with E-state index in [0.29, 0.717) is 106 Å². The molecular formula is C55H83O18S-. The maximum absolute atomic E-state index is 11.8. The van der Waals surface area contributed by atoms with Crippen molar-refractivity contribution >= 4 is 23.0 Å². The van der Waals surface area contributed by atoms with Gasteiger partial charge in [-0.2, -0.15) is 0 Å². The van der Waals surface area contributed by atoms with Gasteiger partial charge >= 0.3 is 11.9 Å². The molecule has 4 N–H and O–H groups in total. The van der Waals surface area contributed by atoms with Gasteiger partial charge < -0.3 is 72.3 Å². The van der Waals surface area contributed by atoms with Gasteiger partial charge in [-0.3, -0.25) is 13.8 Å². The van der Waals surface area contributed by atoms with E-state index in [0.717, 1.165) is 28.5 Å². The van der Waals surface area contributed by atoms with E-state index in [1.54, 1.807) is 13.8 Å². The predicted octanol–water partition coefficient (Wildman–Crippen LogP) is 5.48. The van der Waals surface area contributed by atoms with Gasteiger partial charge in [0.05, 0.1) is 119 Å². The van der Waals surface area contributed by atoms with Crippen molar-refractivity contribution in [1.29, 1.82) is 0 Å². The van der Waals surface area contributed by atoms with Crippen molar-refractivity contribution in [2.24, 2.45) is 11.8 Å². The van der Waals surface area contributed by atoms with Crippen molar-refractivity contribution in [3.8, 4) is 0 Å². The van der Waals surface area contributed by atoms with Crippen LogP contribution >= 0.6 is 0 Å². The molecule has 0 aliphatic carbocycles. The molecule has 1 atom stereocenters. The molecule has 0 amide bonds. The second kappa shape index (κ2) is 53.3. The molecule has 4 aromatic rings. The van der Waals surface area contributed by atoms with Crippen LogP contribution < -0.4 is 0 Å². The largest absolute Gasteiger partial charge is 0.773 e. The molecule has 0 saturated carbocycles. The molecular weight excluding hydrogens is 981 g/mol. The van der Waals surface area contributed by atoms with Crippen molar-refractivity contribution in [1.82, 2.24) is 0 Å². The highest BCUT2D eigenvalue weighted by molar-refractivity contribution is 7.78. The lowest BCUT2D eigenvalue weighted by Gasteiger charge is -2.14. The number of aliphatic hydroxyl groups is 4. The van der Waals surface area contributed by atoms with E-state index in [1.807, 2.05) is 121 Å². The van der Waals surface area contributed by atoms with Crippen LogP contribution in [0.1, 0.15) is 48.9 Å². The SMILES string of the molecule is CCOC(=O)C(CCOCCOCc1ccccc1)C(=O)OCC.CS(=O)[O-].OCC(CO)CCOCCOCc1ccccc1.OCCOCCOCc1ccccc1.OCCOCCOCc1ccccc1. The number of aliphatic hydroxyl groups excluding tert-OH is 4. The second-order valence-electron chi connectivity index (χ2n) is 15.3. The first-order valence-electron chi connectivity index (χ1n) is 24.7. The molecule has 18 nitrogen and oxygen atoms in total. The van der Waals surface area contributed by atoms with Gasteiger partial charge in [-0.1, -0.05) is 132 Å². The quantitative estimate of drug-likeness (QED) is 0.0191. The highest BCUT2D eigenvalue weighted by atomic mass is 32.2. The van der Waals surface area contributed by atoms with E-state index in [-0.39, 0.29) is 58.6 Å². The normalized spacial score (nSPS) is 10.9. The minimum absolute atomic E-state index is 0.00433. The van der Waals surface area contributed by atoms with Crippen LogP contribution in [0.3, 0.4) is 0 Å². The minimum Gasteiger partial charge on any atom is -0.773 e. The first-order chi connectivity index (χ1) is 36.1. The van der Waals surface area contributed by atoms with Gasteiger partial charge in [-0.15, -0.1) is 0 Å². The molecule has 0 fully saturated rings. The molecule has 0 aliphatic heterocycles. The molecule has 19 heteroatoms. The maximum atomic E-state index is 11.8. The van der Waals surface area contributed by atoms with Gasteiger partial charge in [0.15, 0.2) is 5.92 Å². The van der Waals surface area contributed by atoms with Gasteiger partial charge in [0.25, 0.3) is 0 Å². The van der Waals surface area contributed by atoms with Crippen molar-refractivity contribution in [2.75, 3.05) is 125 Å².